The molecule has 0 saturated carbocycles. The van der Waals surface area contributed by atoms with Crippen LogP contribution in [0.25, 0.3) is 0 Å². The molecule has 2 aromatic carbocycles. The fraction of sp³-hybridized carbons (Fsp3) is 0.250. The predicted molar refractivity (Wildman–Crippen MR) is 82.3 cm³/mol. The largest absolute Gasteiger partial charge is 0.313 e. The first-order valence-corrected chi connectivity index (χ1v) is 8.76. The molecule has 1 aliphatic rings. The molecule has 0 aromatic heterocycles. The topological polar surface area (TPSA) is 49.4 Å². The SMILES string of the molecule is O=S(=O)(c1cc(F)cc(F)c1)N1CCNCC1c1cccc(F)c1. The number of piperazine rings is 1. The Labute approximate surface area is 138 Å². The lowest BCUT2D eigenvalue weighted by atomic mass is 10.1. The van der Waals surface area contributed by atoms with Gasteiger partial charge in [0.2, 0.25) is 10.0 Å². The van der Waals surface area contributed by atoms with E-state index in [1.54, 1.807) is 6.07 Å². The summed E-state index contributed by atoms with van der Waals surface area (Å²) in [7, 11) is -4.13. The summed E-state index contributed by atoms with van der Waals surface area (Å²) in [5.74, 6) is -2.41. The number of nitrogens with zero attached hydrogens (tertiary/aromatic N) is 1. The van der Waals surface area contributed by atoms with Crippen molar-refractivity contribution in [1.29, 1.82) is 0 Å². The number of benzene rings is 2. The third kappa shape index (κ3) is 3.31. The highest BCUT2D eigenvalue weighted by Gasteiger charge is 2.35. The second-order valence-electron chi connectivity index (χ2n) is 5.50. The van der Waals surface area contributed by atoms with E-state index < -0.39 is 38.4 Å². The Balaban J connectivity index is 2.03. The first-order valence-electron chi connectivity index (χ1n) is 7.32. The minimum atomic E-state index is -4.13. The third-order valence-corrected chi connectivity index (χ3v) is 5.76. The van der Waals surface area contributed by atoms with Gasteiger partial charge in [0.05, 0.1) is 10.9 Å². The molecule has 8 heteroatoms. The van der Waals surface area contributed by atoms with Gasteiger partial charge in [0.1, 0.15) is 17.5 Å². The van der Waals surface area contributed by atoms with Crippen LogP contribution in [0.2, 0.25) is 0 Å². The van der Waals surface area contributed by atoms with Crippen LogP contribution in [0.15, 0.2) is 47.4 Å². The third-order valence-electron chi connectivity index (χ3n) is 3.87. The van der Waals surface area contributed by atoms with E-state index in [2.05, 4.69) is 5.32 Å². The maximum Gasteiger partial charge on any atom is 0.243 e. The van der Waals surface area contributed by atoms with E-state index in [4.69, 9.17) is 0 Å². The summed E-state index contributed by atoms with van der Waals surface area (Å²) in [6, 6.07) is 7.15. The molecule has 0 amide bonds. The molecule has 1 saturated heterocycles. The average Bonchev–Trinajstić information content (AvgIpc) is 2.54. The van der Waals surface area contributed by atoms with Crippen LogP contribution in [-0.4, -0.2) is 32.4 Å². The van der Waals surface area contributed by atoms with Crippen LogP contribution in [-0.2, 0) is 10.0 Å². The number of nitrogens with one attached hydrogen (secondary N) is 1. The molecule has 3 rings (SSSR count). The highest BCUT2D eigenvalue weighted by Crippen LogP contribution is 2.29. The van der Waals surface area contributed by atoms with E-state index in [0.717, 1.165) is 16.4 Å². The van der Waals surface area contributed by atoms with E-state index in [9.17, 15) is 21.6 Å². The Morgan fingerprint density at radius 1 is 1.00 bits per heavy atom. The first kappa shape index (κ1) is 16.9. The van der Waals surface area contributed by atoms with Crippen molar-refractivity contribution in [2.75, 3.05) is 19.6 Å². The molecular formula is C16H15F3N2O2S. The Hall–Kier alpha value is -1.90. The van der Waals surface area contributed by atoms with E-state index >= 15 is 0 Å². The van der Waals surface area contributed by atoms with Crippen molar-refractivity contribution in [1.82, 2.24) is 9.62 Å². The number of hydrogen-bond donors (Lipinski definition) is 1. The lowest BCUT2D eigenvalue weighted by Gasteiger charge is -2.35. The lowest BCUT2D eigenvalue weighted by molar-refractivity contribution is 0.271. The van der Waals surface area contributed by atoms with Crippen molar-refractivity contribution < 1.29 is 21.6 Å². The molecule has 128 valence electrons. The van der Waals surface area contributed by atoms with Crippen molar-refractivity contribution in [2.45, 2.75) is 10.9 Å². The smallest absolute Gasteiger partial charge is 0.243 e. The van der Waals surface area contributed by atoms with E-state index in [0.29, 0.717) is 18.2 Å². The van der Waals surface area contributed by atoms with Gasteiger partial charge in [0.25, 0.3) is 0 Å². The van der Waals surface area contributed by atoms with Gasteiger partial charge in [0, 0.05) is 25.7 Å². The molecule has 1 unspecified atom stereocenters. The monoisotopic (exact) mass is 356 g/mol. The number of rotatable bonds is 3. The zero-order chi connectivity index (χ0) is 17.3. The van der Waals surface area contributed by atoms with Gasteiger partial charge in [-0.25, -0.2) is 21.6 Å². The van der Waals surface area contributed by atoms with Crippen LogP contribution in [0, 0.1) is 17.5 Å². The molecule has 1 aliphatic heterocycles. The van der Waals surface area contributed by atoms with E-state index in [-0.39, 0.29) is 13.1 Å². The molecule has 1 fully saturated rings. The molecule has 1 atom stereocenters. The Morgan fingerprint density at radius 2 is 1.71 bits per heavy atom. The van der Waals surface area contributed by atoms with Gasteiger partial charge in [-0.15, -0.1) is 0 Å². The minimum Gasteiger partial charge on any atom is -0.313 e. The van der Waals surface area contributed by atoms with Crippen LogP contribution in [0.5, 0.6) is 0 Å². The van der Waals surface area contributed by atoms with Crippen molar-refractivity contribution in [3.8, 4) is 0 Å². The summed E-state index contributed by atoms with van der Waals surface area (Å²) >= 11 is 0. The second-order valence-corrected chi connectivity index (χ2v) is 7.39. The summed E-state index contributed by atoms with van der Waals surface area (Å²) < 4.78 is 67.1. The van der Waals surface area contributed by atoms with Gasteiger partial charge >= 0.3 is 0 Å². The van der Waals surface area contributed by atoms with Gasteiger partial charge in [-0.2, -0.15) is 4.31 Å². The van der Waals surface area contributed by atoms with E-state index in [1.165, 1.54) is 18.2 Å². The highest BCUT2D eigenvalue weighted by molar-refractivity contribution is 7.89. The zero-order valence-electron chi connectivity index (χ0n) is 12.5. The van der Waals surface area contributed by atoms with E-state index in [1.807, 2.05) is 0 Å². The minimum absolute atomic E-state index is 0.113. The fourth-order valence-corrected chi connectivity index (χ4v) is 4.44. The Kier molecular flexibility index (Phi) is 4.62. The van der Waals surface area contributed by atoms with Crippen molar-refractivity contribution in [3.63, 3.8) is 0 Å². The van der Waals surface area contributed by atoms with Gasteiger partial charge in [-0.1, -0.05) is 12.1 Å². The van der Waals surface area contributed by atoms with Crippen LogP contribution < -0.4 is 5.32 Å². The normalized spacial score (nSPS) is 19.4. The summed E-state index contributed by atoms with van der Waals surface area (Å²) in [5.41, 5.74) is 0.475. The van der Waals surface area contributed by atoms with Crippen LogP contribution in [0.1, 0.15) is 11.6 Å². The Morgan fingerprint density at radius 3 is 2.38 bits per heavy atom. The molecule has 0 spiro atoms. The van der Waals surface area contributed by atoms with Gasteiger partial charge < -0.3 is 5.32 Å². The summed E-state index contributed by atoms with van der Waals surface area (Å²) in [6.07, 6.45) is 0. The number of hydrogen-bond acceptors (Lipinski definition) is 3. The maximum atomic E-state index is 13.5. The van der Waals surface area contributed by atoms with Gasteiger partial charge in [-0.3, -0.25) is 0 Å². The van der Waals surface area contributed by atoms with Gasteiger partial charge in [-0.05, 0) is 29.8 Å². The first-order chi connectivity index (χ1) is 11.4. The fourth-order valence-electron chi connectivity index (χ4n) is 2.78. The molecule has 1 heterocycles. The summed E-state index contributed by atoms with van der Waals surface area (Å²) in [6.45, 7) is 0.783. The molecule has 0 bridgehead atoms. The van der Waals surface area contributed by atoms with Crippen molar-refractivity contribution in [2.24, 2.45) is 0 Å². The standard InChI is InChI=1S/C16H15F3N2O2S/c17-12-3-1-2-11(6-12)16-10-20-4-5-21(16)24(22,23)15-8-13(18)7-14(19)9-15/h1-3,6-9,16,20H,4-5,10H2. The van der Waals surface area contributed by atoms with Crippen molar-refractivity contribution >= 4 is 10.0 Å². The molecule has 24 heavy (non-hydrogen) atoms. The van der Waals surface area contributed by atoms with Crippen LogP contribution in [0.4, 0.5) is 13.2 Å². The zero-order valence-corrected chi connectivity index (χ0v) is 13.4. The average molecular weight is 356 g/mol. The lowest BCUT2D eigenvalue weighted by Crippen LogP contribution is -2.48. The van der Waals surface area contributed by atoms with Gasteiger partial charge in [0.15, 0.2) is 0 Å². The summed E-state index contributed by atoms with van der Waals surface area (Å²) in [5, 5.41) is 3.05. The van der Waals surface area contributed by atoms with Crippen LogP contribution >= 0.6 is 0 Å². The predicted octanol–water partition coefficient (Wildman–Crippen LogP) is 2.44. The molecule has 0 aliphatic carbocycles. The summed E-state index contributed by atoms with van der Waals surface area (Å²) in [4.78, 5) is -0.455. The quantitative estimate of drug-likeness (QED) is 0.919. The maximum absolute atomic E-state index is 13.5. The highest BCUT2D eigenvalue weighted by atomic mass is 32.2. The molecular weight excluding hydrogens is 341 g/mol. The number of halogens is 3. The molecule has 1 N–H and O–H groups in total. The second kappa shape index (κ2) is 6.54. The molecule has 0 radical (unpaired) electrons. The van der Waals surface area contributed by atoms with Crippen molar-refractivity contribution in [3.05, 3.63) is 65.5 Å². The number of sulfonamides is 1. The molecule has 4 nitrogen and oxygen atoms in total. The molecule has 2 aromatic rings. The van der Waals surface area contributed by atoms with Crippen LogP contribution in [0.3, 0.4) is 0 Å². The Bertz CT molecular complexity index is 838.